The summed E-state index contributed by atoms with van der Waals surface area (Å²) in [5.74, 6) is -1.09. The van der Waals surface area contributed by atoms with Crippen LogP contribution in [0, 0.1) is 0 Å². The second-order valence-electron chi connectivity index (χ2n) is 4.93. The number of pyridine rings is 1. The van der Waals surface area contributed by atoms with Crippen molar-refractivity contribution in [1.82, 2.24) is 15.2 Å². The average Bonchev–Trinajstić information content (AvgIpc) is 2.49. The Morgan fingerprint density at radius 3 is 2.67 bits per heavy atom. The zero-order chi connectivity index (χ0) is 15.2. The van der Waals surface area contributed by atoms with Gasteiger partial charge in [-0.2, -0.15) is 0 Å². The van der Waals surface area contributed by atoms with E-state index in [0.29, 0.717) is 12.2 Å². The number of hydrogen-bond donors (Lipinski definition) is 3. The van der Waals surface area contributed by atoms with E-state index in [-0.39, 0.29) is 17.8 Å². The van der Waals surface area contributed by atoms with E-state index in [2.05, 4.69) is 15.6 Å². The fourth-order valence-electron chi connectivity index (χ4n) is 2.48. The van der Waals surface area contributed by atoms with Crippen LogP contribution in [0.25, 0.3) is 0 Å². The number of piperidine rings is 1. The van der Waals surface area contributed by atoms with Crippen LogP contribution < -0.4 is 10.6 Å². The second-order valence-corrected chi connectivity index (χ2v) is 4.93. The number of aromatic nitrogens is 1. The second kappa shape index (κ2) is 7.03. The van der Waals surface area contributed by atoms with E-state index >= 15 is 0 Å². The molecule has 0 radical (unpaired) electrons. The lowest BCUT2D eigenvalue weighted by atomic mass is 10.1. The predicted molar refractivity (Wildman–Crippen MR) is 78.5 cm³/mol. The smallest absolute Gasteiger partial charge is 0.354 e. The van der Waals surface area contributed by atoms with Crippen molar-refractivity contribution in [3.63, 3.8) is 0 Å². The molecule has 0 atom stereocenters. The van der Waals surface area contributed by atoms with Gasteiger partial charge in [-0.15, -0.1) is 0 Å². The van der Waals surface area contributed by atoms with Crippen LogP contribution in [0.15, 0.2) is 18.3 Å². The monoisotopic (exact) mass is 292 g/mol. The van der Waals surface area contributed by atoms with Crippen LogP contribution in [0.5, 0.6) is 0 Å². The minimum absolute atomic E-state index is 0.0429. The molecule has 7 nitrogen and oxygen atoms in total. The first-order valence-electron chi connectivity index (χ1n) is 7.09. The van der Waals surface area contributed by atoms with Crippen molar-refractivity contribution in [3.05, 3.63) is 24.0 Å². The number of carboxylic acid groups (broad SMARTS) is 1. The molecule has 0 bridgehead atoms. The molecule has 7 heteroatoms. The van der Waals surface area contributed by atoms with Crippen LogP contribution in [-0.2, 0) is 0 Å². The van der Waals surface area contributed by atoms with E-state index in [9.17, 15) is 9.59 Å². The van der Waals surface area contributed by atoms with E-state index in [1.54, 1.807) is 6.07 Å². The third-order valence-corrected chi connectivity index (χ3v) is 3.58. The van der Waals surface area contributed by atoms with E-state index in [1.807, 2.05) is 11.8 Å². The highest BCUT2D eigenvalue weighted by Crippen LogP contribution is 2.14. The highest BCUT2D eigenvalue weighted by molar-refractivity contribution is 5.90. The SMILES string of the molecule is CCN(C(=O)Nc1ccc(C(=O)O)nc1)C1CCNCC1. The van der Waals surface area contributed by atoms with Crippen LogP contribution in [0.3, 0.4) is 0 Å². The van der Waals surface area contributed by atoms with Crippen LogP contribution in [0.2, 0.25) is 0 Å². The van der Waals surface area contributed by atoms with Crippen molar-refractivity contribution in [2.45, 2.75) is 25.8 Å². The lowest BCUT2D eigenvalue weighted by Gasteiger charge is -2.33. The largest absolute Gasteiger partial charge is 0.477 e. The lowest BCUT2D eigenvalue weighted by molar-refractivity contribution is 0.0690. The minimum atomic E-state index is -1.09. The van der Waals surface area contributed by atoms with Gasteiger partial charge in [0.15, 0.2) is 0 Å². The van der Waals surface area contributed by atoms with Gasteiger partial charge >= 0.3 is 12.0 Å². The third-order valence-electron chi connectivity index (χ3n) is 3.58. The summed E-state index contributed by atoms with van der Waals surface area (Å²) in [5.41, 5.74) is 0.455. The standard InChI is InChI=1S/C14H20N4O3/c1-2-18(11-5-7-15-8-6-11)14(21)17-10-3-4-12(13(19)20)16-9-10/h3-4,9,11,15H,2,5-8H2,1H3,(H,17,21)(H,19,20). The van der Waals surface area contributed by atoms with E-state index in [0.717, 1.165) is 25.9 Å². The highest BCUT2D eigenvalue weighted by atomic mass is 16.4. The molecule has 1 aliphatic heterocycles. The number of rotatable bonds is 4. The summed E-state index contributed by atoms with van der Waals surface area (Å²) in [6, 6.07) is 2.99. The van der Waals surface area contributed by atoms with Gasteiger partial charge in [-0.1, -0.05) is 0 Å². The molecule has 2 heterocycles. The van der Waals surface area contributed by atoms with Gasteiger partial charge in [-0.05, 0) is 45.0 Å². The molecular formula is C14H20N4O3. The van der Waals surface area contributed by atoms with E-state index in [4.69, 9.17) is 5.11 Å². The Morgan fingerprint density at radius 1 is 1.43 bits per heavy atom. The Bertz CT molecular complexity index is 497. The summed E-state index contributed by atoms with van der Waals surface area (Å²) < 4.78 is 0. The maximum Gasteiger partial charge on any atom is 0.354 e. The summed E-state index contributed by atoms with van der Waals surface area (Å²) in [5, 5.41) is 14.8. The van der Waals surface area contributed by atoms with Gasteiger partial charge in [0.05, 0.1) is 11.9 Å². The van der Waals surface area contributed by atoms with Crippen molar-refractivity contribution in [2.24, 2.45) is 0 Å². The number of amides is 2. The van der Waals surface area contributed by atoms with Crippen molar-refractivity contribution >= 4 is 17.7 Å². The van der Waals surface area contributed by atoms with Crippen molar-refractivity contribution in [3.8, 4) is 0 Å². The maximum atomic E-state index is 12.3. The molecule has 0 saturated carbocycles. The van der Waals surface area contributed by atoms with Crippen molar-refractivity contribution in [2.75, 3.05) is 25.0 Å². The van der Waals surface area contributed by atoms with E-state index in [1.165, 1.54) is 12.3 Å². The summed E-state index contributed by atoms with van der Waals surface area (Å²) in [6.45, 7) is 4.43. The van der Waals surface area contributed by atoms with Gasteiger partial charge in [0.25, 0.3) is 0 Å². The molecule has 0 aromatic carbocycles. The Balaban J connectivity index is 1.99. The molecule has 1 aliphatic rings. The lowest BCUT2D eigenvalue weighted by Crippen LogP contribution is -2.47. The zero-order valence-corrected chi connectivity index (χ0v) is 12.0. The first kappa shape index (κ1) is 15.2. The van der Waals surface area contributed by atoms with Crippen molar-refractivity contribution in [1.29, 1.82) is 0 Å². The normalized spacial score (nSPS) is 15.5. The third kappa shape index (κ3) is 3.91. The molecule has 3 N–H and O–H groups in total. The number of carbonyl (C=O) groups is 2. The number of urea groups is 1. The molecule has 114 valence electrons. The van der Waals surface area contributed by atoms with Crippen LogP contribution in [0.1, 0.15) is 30.3 Å². The fourth-order valence-corrected chi connectivity index (χ4v) is 2.48. The number of carboxylic acids is 1. The molecule has 2 rings (SSSR count). The van der Waals surface area contributed by atoms with Gasteiger partial charge in [-0.25, -0.2) is 14.6 Å². The first-order chi connectivity index (χ1) is 10.1. The molecular weight excluding hydrogens is 272 g/mol. The molecule has 0 unspecified atom stereocenters. The zero-order valence-electron chi connectivity index (χ0n) is 12.0. The molecule has 0 spiro atoms. The molecule has 1 saturated heterocycles. The summed E-state index contributed by atoms with van der Waals surface area (Å²) >= 11 is 0. The van der Waals surface area contributed by atoms with Gasteiger partial charge in [0, 0.05) is 12.6 Å². The number of carbonyl (C=O) groups excluding carboxylic acids is 1. The maximum absolute atomic E-state index is 12.3. The Kier molecular flexibility index (Phi) is 5.10. The quantitative estimate of drug-likeness (QED) is 0.779. The predicted octanol–water partition coefficient (Wildman–Crippen LogP) is 1.39. The Labute approximate surface area is 123 Å². The van der Waals surface area contributed by atoms with E-state index < -0.39 is 5.97 Å². The summed E-state index contributed by atoms with van der Waals surface area (Å²) in [7, 11) is 0. The number of nitrogens with zero attached hydrogens (tertiary/aromatic N) is 2. The van der Waals surface area contributed by atoms with Crippen LogP contribution >= 0.6 is 0 Å². The molecule has 1 aromatic rings. The number of hydrogen-bond acceptors (Lipinski definition) is 4. The van der Waals surface area contributed by atoms with Gasteiger partial charge in [0.2, 0.25) is 0 Å². The number of aromatic carboxylic acids is 1. The Hall–Kier alpha value is -2.15. The highest BCUT2D eigenvalue weighted by Gasteiger charge is 2.24. The molecule has 1 fully saturated rings. The topological polar surface area (TPSA) is 94.6 Å². The van der Waals surface area contributed by atoms with Gasteiger partial charge in [-0.3, -0.25) is 0 Å². The number of anilines is 1. The number of nitrogens with one attached hydrogen (secondary N) is 2. The van der Waals surface area contributed by atoms with Crippen LogP contribution in [0.4, 0.5) is 10.5 Å². The first-order valence-corrected chi connectivity index (χ1v) is 7.09. The summed E-state index contributed by atoms with van der Waals surface area (Å²) in [6.07, 6.45) is 3.24. The minimum Gasteiger partial charge on any atom is -0.477 e. The summed E-state index contributed by atoms with van der Waals surface area (Å²) in [4.78, 5) is 28.6. The average molecular weight is 292 g/mol. The Morgan fingerprint density at radius 2 is 2.14 bits per heavy atom. The fraction of sp³-hybridized carbons (Fsp3) is 0.500. The molecule has 0 aliphatic carbocycles. The molecule has 1 aromatic heterocycles. The van der Waals surface area contributed by atoms with Gasteiger partial charge in [0.1, 0.15) is 5.69 Å². The molecule has 2 amide bonds. The molecule has 21 heavy (non-hydrogen) atoms. The van der Waals surface area contributed by atoms with Gasteiger partial charge < -0.3 is 20.6 Å². The van der Waals surface area contributed by atoms with Crippen molar-refractivity contribution < 1.29 is 14.7 Å². The van der Waals surface area contributed by atoms with Crippen LogP contribution in [-0.4, -0.2) is 52.7 Å².